The molecule has 1 aromatic carbocycles. The number of hydrogen-bond acceptors (Lipinski definition) is 18. The van der Waals surface area contributed by atoms with Gasteiger partial charge < -0.3 is 59.9 Å². The van der Waals surface area contributed by atoms with Gasteiger partial charge >= 0.3 is 11.9 Å². The van der Waals surface area contributed by atoms with E-state index < -0.39 is 6.48 Å². The Kier molecular flexibility index (Phi) is 40.2. The van der Waals surface area contributed by atoms with Crippen molar-refractivity contribution in [2.75, 3.05) is 139 Å². The van der Waals surface area contributed by atoms with E-state index in [0.29, 0.717) is 39.2 Å². The molecular weight excluding hydrogens is 905 g/mol. The minimum atomic E-state index is -0.460. The Hall–Kier alpha value is -3.66. The van der Waals surface area contributed by atoms with Crippen LogP contribution < -0.4 is 32.0 Å². The van der Waals surface area contributed by atoms with Gasteiger partial charge in [0.25, 0.3) is 6.48 Å². The maximum Gasteiger partial charge on any atom is 0.307 e. The van der Waals surface area contributed by atoms with Gasteiger partial charge in [0.15, 0.2) is 0 Å². The SMILES string of the molecule is CC/C=N/Nc1ccc(C)cn1.CNCC1COC(OC)O1.COCCCCCC(=O)OCCCCCCOC(=O)CCN(C)CCCNCc1ccc(CN2CCCNCCNCCCNCC2)cc1. The maximum absolute atomic E-state index is 12.1. The Balaban J connectivity index is 0.000000634. The van der Waals surface area contributed by atoms with E-state index in [1.54, 1.807) is 14.2 Å². The topological polar surface area (TPSA) is 193 Å². The summed E-state index contributed by atoms with van der Waals surface area (Å²) in [5.74, 6) is 0.540. The molecular formula is C53H96N10O8. The van der Waals surface area contributed by atoms with E-state index in [9.17, 15) is 9.59 Å². The van der Waals surface area contributed by atoms with E-state index in [1.165, 1.54) is 24.0 Å². The molecule has 0 saturated carbocycles. The second kappa shape index (κ2) is 45.0. The van der Waals surface area contributed by atoms with Crippen molar-refractivity contribution in [2.45, 2.75) is 123 Å². The van der Waals surface area contributed by atoms with E-state index in [4.69, 9.17) is 28.4 Å². The fourth-order valence-corrected chi connectivity index (χ4v) is 7.33. The first-order valence-corrected chi connectivity index (χ1v) is 26.5. The third-order valence-electron chi connectivity index (χ3n) is 11.5. The van der Waals surface area contributed by atoms with Crippen LogP contribution in [0.5, 0.6) is 0 Å². The molecule has 2 unspecified atom stereocenters. The number of aromatic nitrogens is 1. The summed E-state index contributed by atoms with van der Waals surface area (Å²) in [5, 5.41) is 21.2. The number of unbranched alkanes of at least 4 members (excludes halogenated alkanes) is 5. The van der Waals surface area contributed by atoms with E-state index in [0.717, 1.165) is 161 Å². The zero-order chi connectivity index (χ0) is 51.3. The highest BCUT2D eigenvalue weighted by atomic mass is 16.9. The first kappa shape index (κ1) is 63.5. The van der Waals surface area contributed by atoms with Crippen LogP contribution in [-0.2, 0) is 51.1 Å². The number of hydrazone groups is 1. The molecule has 6 N–H and O–H groups in total. The number of anilines is 1. The highest BCUT2D eigenvalue weighted by Crippen LogP contribution is 2.11. The smallest absolute Gasteiger partial charge is 0.307 e. The predicted molar refractivity (Wildman–Crippen MR) is 286 cm³/mol. The van der Waals surface area contributed by atoms with Crippen LogP contribution in [0.15, 0.2) is 47.7 Å². The van der Waals surface area contributed by atoms with Crippen molar-refractivity contribution in [3.8, 4) is 0 Å². The number of likely N-dealkylation sites (N-methyl/N-ethyl adjacent to an activating group) is 1. The van der Waals surface area contributed by atoms with Crippen LogP contribution >= 0.6 is 0 Å². The minimum absolute atomic E-state index is 0.112. The van der Waals surface area contributed by atoms with E-state index in [1.807, 2.05) is 45.4 Å². The third kappa shape index (κ3) is 36.8. The second-order valence-electron chi connectivity index (χ2n) is 18.0. The molecule has 0 radical (unpaired) electrons. The molecule has 0 spiro atoms. The first-order valence-electron chi connectivity index (χ1n) is 26.5. The van der Waals surface area contributed by atoms with Gasteiger partial charge in [0.1, 0.15) is 5.82 Å². The summed E-state index contributed by atoms with van der Waals surface area (Å²) in [6.45, 7) is 19.7. The van der Waals surface area contributed by atoms with E-state index >= 15 is 0 Å². The number of pyridine rings is 1. The number of carbonyl (C=O) groups excluding carboxylic acids is 2. The number of nitrogens with zero attached hydrogens (tertiary/aromatic N) is 4. The predicted octanol–water partition coefficient (Wildman–Crippen LogP) is 5.46. The monoisotopic (exact) mass is 1000 g/mol. The van der Waals surface area contributed by atoms with Crippen molar-refractivity contribution in [1.29, 1.82) is 0 Å². The number of carbonyl (C=O) groups is 2. The van der Waals surface area contributed by atoms with Crippen LogP contribution in [-0.4, -0.2) is 179 Å². The van der Waals surface area contributed by atoms with Crippen molar-refractivity contribution in [1.82, 2.24) is 41.4 Å². The van der Waals surface area contributed by atoms with Crippen LogP contribution in [0.2, 0.25) is 0 Å². The van der Waals surface area contributed by atoms with Crippen molar-refractivity contribution in [3.63, 3.8) is 0 Å². The standard InChI is InChI=1S/C38H70N6O5.C9H13N3.C6H13NO3/c1-43(28-18-38(46)49-32-9-4-3-8-31-48-37(45)13-6-5-7-30-47-2)26-11-22-42-33-35-14-16-36(17-15-35)34-44-27-12-21-40-24-23-39-19-10-20-41-25-29-44;1-3-6-11-12-9-5-4-8(2)7-10-9;1-7-3-5-4-9-6(8-2)10-5/h14-17,39-42H,3-13,18-34H2,1-2H3;4-7H,3H2,1-2H3,(H,10,12);5-7H,3-4H2,1-2H3/b;11-6+;. The lowest BCUT2D eigenvalue weighted by molar-refractivity contribution is -0.222. The number of benzene rings is 1. The van der Waals surface area contributed by atoms with Crippen LogP contribution in [0.1, 0.15) is 107 Å². The molecule has 18 nitrogen and oxygen atoms in total. The molecule has 0 bridgehead atoms. The average Bonchev–Trinajstić information content (AvgIpc) is 3.84. The summed E-state index contributed by atoms with van der Waals surface area (Å²) in [7, 11) is 7.19. The minimum Gasteiger partial charge on any atom is -0.466 e. The van der Waals surface area contributed by atoms with Crippen molar-refractivity contribution in [2.24, 2.45) is 5.10 Å². The largest absolute Gasteiger partial charge is 0.466 e. The maximum atomic E-state index is 12.1. The Morgan fingerprint density at radius 3 is 2.15 bits per heavy atom. The normalized spacial score (nSPS) is 17.2. The third-order valence-corrected chi connectivity index (χ3v) is 11.5. The van der Waals surface area contributed by atoms with Gasteiger partial charge in [0.05, 0.1) is 32.3 Å². The number of methoxy groups -OCH3 is 2. The molecule has 2 fully saturated rings. The molecule has 0 aliphatic carbocycles. The number of aryl methyl sites for hydroxylation is 1. The van der Waals surface area contributed by atoms with Gasteiger partial charge in [-0.05, 0) is 147 Å². The lowest BCUT2D eigenvalue weighted by atomic mass is 10.1. The fraction of sp³-hybridized carbons (Fsp3) is 0.736. The molecule has 2 atom stereocenters. The van der Waals surface area contributed by atoms with Crippen molar-refractivity contribution in [3.05, 3.63) is 59.3 Å². The molecule has 406 valence electrons. The van der Waals surface area contributed by atoms with Gasteiger partial charge in [-0.3, -0.25) is 19.9 Å². The molecule has 18 heteroatoms. The van der Waals surface area contributed by atoms with Gasteiger partial charge in [-0.1, -0.05) is 43.7 Å². The number of hydrogen-bond donors (Lipinski definition) is 6. The summed E-state index contributed by atoms with van der Waals surface area (Å²) in [6.07, 6.45) is 15.4. The highest BCUT2D eigenvalue weighted by Gasteiger charge is 2.24. The average molecular weight is 1000 g/mol. The molecule has 3 heterocycles. The number of nitrogens with one attached hydrogen (secondary N) is 6. The van der Waals surface area contributed by atoms with Gasteiger partial charge in [0.2, 0.25) is 0 Å². The number of esters is 2. The van der Waals surface area contributed by atoms with Crippen LogP contribution in [0.25, 0.3) is 0 Å². The molecule has 2 aliphatic rings. The Bertz CT molecular complexity index is 1570. The molecule has 0 amide bonds. The molecule has 71 heavy (non-hydrogen) atoms. The molecule has 2 aliphatic heterocycles. The fourth-order valence-electron chi connectivity index (χ4n) is 7.33. The summed E-state index contributed by atoms with van der Waals surface area (Å²) < 4.78 is 30.8. The molecule has 4 rings (SSSR count). The molecule has 2 saturated heterocycles. The highest BCUT2D eigenvalue weighted by molar-refractivity contribution is 5.69. The van der Waals surface area contributed by atoms with Gasteiger partial charge in [-0.15, -0.1) is 0 Å². The quantitative estimate of drug-likeness (QED) is 0.0250. The Morgan fingerprint density at radius 1 is 0.817 bits per heavy atom. The lowest BCUT2D eigenvalue weighted by Gasteiger charge is -2.23. The lowest BCUT2D eigenvalue weighted by Crippen LogP contribution is -2.36. The number of rotatable bonds is 30. The van der Waals surface area contributed by atoms with E-state index in [2.05, 4.69) is 83.2 Å². The van der Waals surface area contributed by atoms with Gasteiger partial charge in [0, 0.05) is 92.0 Å². The summed E-state index contributed by atoms with van der Waals surface area (Å²) >= 11 is 0. The van der Waals surface area contributed by atoms with Gasteiger partial charge in [-0.25, -0.2) is 4.98 Å². The molecule has 1 aromatic heterocycles. The Morgan fingerprint density at radius 2 is 1.49 bits per heavy atom. The zero-order valence-electron chi connectivity index (χ0n) is 44.7. The van der Waals surface area contributed by atoms with Gasteiger partial charge in [-0.2, -0.15) is 5.10 Å². The molecule has 2 aromatic rings. The summed E-state index contributed by atoms with van der Waals surface area (Å²) in [5.41, 5.74) is 6.67. The van der Waals surface area contributed by atoms with E-state index in [-0.39, 0.29) is 18.0 Å². The summed E-state index contributed by atoms with van der Waals surface area (Å²) in [6, 6.07) is 13.0. The van der Waals surface area contributed by atoms with Crippen LogP contribution in [0.4, 0.5) is 5.82 Å². The summed E-state index contributed by atoms with van der Waals surface area (Å²) in [4.78, 5) is 32.8. The second-order valence-corrected chi connectivity index (χ2v) is 18.0. The Labute approximate surface area is 428 Å². The van der Waals surface area contributed by atoms with Crippen LogP contribution in [0, 0.1) is 6.92 Å². The van der Waals surface area contributed by atoms with Crippen LogP contribution in [0.3, 0.4) is 0 Å². The number of ether oxygens (including phenoxy) is 6. The zero-order valence-corrected chi connectivity index (χ0v) is 44.7. The first-order chi connectivity index (χ1) is 34.8. The van der Waals surface area contributed by atoms with Crippen molar-refractivity contribution < 1.29 is 38.0 Å². The van der Waals surface area contributed by atoms with Crippen molar-refractivity contribution >= 4 is 24.0 Å².